The first-order chi connectivity index (χ1) is 14.3. The molecule has 2 atom stereocenters. The van der Waals surface area contributed by atoms with Gasteiger partial charge in [0, 0.05) is 5.92 Å². The van der Waals surface area contributed by atoms with Crippen LogP contribution in [0.5, 0.6) is 0 Å². The van der Waals surface area contributed by atoms with E-state index in [4.69, 9.17) is 0 Å². The zero-order valence-corrected chi connectivity index (χ0v) is 21.5. The Morgan fingerprint density at radius 1 is 0.828 bits per heavy atom. The lowest BCUT2D eigenvalue weighted by molar-refractivity contribution is 0.485. The summed E-state index contributed by atoms with van der Waals surface area (Å²) in [6.07, 6.45) is 31.7. The van der Waals surface area contributed by atoms with E-state index in [2.05, 4.69) is 39.0 Å². The summed E-state index contributed by atoms with van der Waals surface area (Å²) in [5.41, 5.74) is 3.02. The van der Waals surface area contributed by atoms with Crippen molar-refractivity contribution in [1.82, 2.24) is 0 Å². The second-order valence-electron chi connectivity index (χ2n) is 9.98. The van der Waals surface area contributed by atoms with Crippen LogP contribution in [0.25, 0.3) is 0 Å². The Morgan fingerprint density at radius 3 is 1.83 bits per heavy atom. The Kier molecular flexibility index (Phi) is 10.8. The molecule has 0 radical (unpaired) electrons. The van der Waals surface area contributed by atoms with E-state index in [-0.39, 0.29) is 15.8 Å². The highest BCUT2D eigenvalue weighted by Crippen LogP contribution is 2.65. The van der Waals surface area contributed by atoms with Crippen molar-refractivity contribution in [3.8, 4) is 0 Å². The van der Waals surface area contributed by atoms with E-state index in [0.717, 1.165) is 22.9 Å². The Bertz CT molecular complexity index is 485. The summed E-state index contributed by atoms with van der Waals surface area (Å²) in [6.45, 7) is 7.41. The molecule has 0 bridgehead atoms. The van der Waals surface area contributed by atoms with Crippen LogP contribution in [0.4, 0.5) is 0 Å². The number of rotatable bonds is 11. The molecule has 2 unspecified atom stereocenters. The van der Waals surface area contributed by atoms with Crippen molar-refractivity contribution in [1.29, 1.82) is 0 Å². The van der Waals surface area contributed by atoms with Crippen LogP contribution in [0.15, 0.2) is 23.5 Å². The van der Waals surface area contributed by atoms with Crippen molar-refractivity contribution < 1.29 is 0 Å². The fraction of sp³-hybridized carbons (Fsp3) is 0.852. The SMILES string of the molecule is CCCCP(CCCC)C(C)C1C=CC=C1P(C1CCCCC1)C1CCCCC1. The molecule has 166 valence electrons. The van der Waals surface area contributed by atoms with Gasteiger partial charge in [-0.15, -0.1) is 7.92 Å². The summed E-state index contributed by atoms with van der Waals surface area (Å²) >= 11 is 0. The maximum Gasteiger partial charge on any atom is 0.00906 e. The molecule has 3 aliphatic rings. The third kappa shape index (κ3) is 6.66. The van der Waals surface area contributed by atoms with Crippen LogP contribution in [-0.4, -0.2) is 29.3 Å². The van der Waals surface area contributed by atoms with E-state index in [1.165, 1.54) is 76.5 Å². The van der Waals surface area contributed by atoms with Gasteiger partial charge in [0.05, 0.1) is 0 Å². The van der Waals surface area contributed by atoms with Crippen LogP contribution >= 0.6 is 15.8 Å². The van der Waals surface area contributed by atoms with Gasteiger partial charge in [0.2, 0.25) is 0 Å². The first-order valence-electron chi connectivity index (χ1n) is 13.2. The highest BCUT2D eigenvalue weighted by Gasteiger charge is 2.38. The molecule has 3 aliphatic carbocycles. The van der Waals surface area contributed by atoms with E-state index in [0.29, 0.717) is 0 Å². The average molecular weight is 435 g/mol. The molecule has 0 aromatic carbocycles. The summed E-state index contributed by atoms with van der Waals surface area (Å²) in [5.74, 6) is 0.796. The van der Waals surface area contributed by atoms with Crippen molar-refractivity contribution in [2.24, 2.45) is 5.92 Å². The Balaban J connectivity index is 1.77. The summed E-state index contributed by atoms with van der Waals surface area (Å²) in [7, 11) is 0.276. The second kappa shape index (κ2) is 13.0. The molecule has 0 spiro atoms. The van der Waals surface area contributed by atoms with Gasteiger partial charge < -0.3 is 0 Å². The summed E-state index contributed by atoms with van der Waals surface area (Å²) in [6, 6.07) is 0. The van der Waals surface area contributed by atoms with Gasteiger partial charge in [-0.05, 0) is 73.1 Å². The van der Waals surface area contributed by atoms with E-state index >= 15 is 0 Å². The molecule has 0 aromatic rings. The van der Waals surface area contributed by atoms with Gasteiger partial charge in [-0.1, -0.05) is 98.3 Å². The van der Waals surface area contributed by atoms with Crippen LogP contribution in [-0.2, 0) is 0 Å². The molecular formula is C27H48P2. The van der Waals surface area contributed by atoms with Crippen LogP contribution in [0, 0.1) is 5.92 Å². The molecule has 0 N–H and O–H groups in total. The third-order valence-corrected chi connectivity index (χ3v) is 14.8. The number of hydrogen-bond donors (Lipinski definition) is 0. The minimum Gasteiger partial charge on any atom is -0.103 e. The van der Waals surface area contributed by atoms with Gasteiger partial charge in [0.15, 0.2) is 0 Å². The van der Waals surface area contributed by atoms with E-state index < -0.39 is 0 Å². The van der Waals surface area contributed by atoms with Gasteiger partial charge in [-0.3, -0.25) is 0 Å². The first kappa shape index (κ1) is 24.0. The molecule has 3 rings (SSSR count). The van der Waals surface area contributed by atoms with Gasteiger partial charge in [0.1, 0.15) is 0 Å². The molecule has 2 saturated carbocycles. The van der Waals surface area contributed by atoms with E-state index in [1.54, 1.807) is 25.7 Å². The largest absolute Gasteiger partial charge is 0.103 e. The van der Waals surface area contributed by atoms with E-state index in [9.17, 15) is 0 Å². The van der Waals surface area contributed by atoms with Crippen molar-refractivity contribution >= 4 is 15.8 Å². The minimum atomic E-state index is 0.0886. The normalized spacial score (nSPS) is 25.1. The number of hydrogen-bond acceptors (Lipinski definition) is 0. The maximum atomic E-state index is 2.65. The van der Waals surface area contributed by atoms with Gasteiger partial charge in [0.25, 0.3) is 0 Å². The molecule has 29 heavy (non-hydrogen) atoms. The van der Waals surface area contributed by atoms with Crippen molar-refractivity contribution in [3.63, 3.8) is 0 Å². The first-order valence-corrected chi connectivity index (χ1v) is 16.4. The molecule has 2 fully saturated rings. The number of unbranched alkanes of at least 4 members (excludes halogenated alkanes) is 2. The molecule has 0 heterocycles. The molecule has 0 amide bonds. The van der Waals surface area contributed by atoms with Crippen LogP contribution < -0.4 is 0 Å². The quantitative estimate of drug-likeness (QED) is 0.284. The van der Waals surface area contributed by atoms with E-state index in [1.807, 2.05) is 5.31 Å². The Morgan fingerprint density at radius 2 is 1.34 bits per heavy atom. The molecule has 0 nitrogen and oxygen atoms in total. The average Bonchev–Trinajstić information content (AvgIpc) is 3.24. The zero-order chi connectivity index (χ0) is 20.5. The lowest BCUT2D eigenvalue weighted by Crippen LogP contribution is -2.25. The van der Waals surface area contributed by atoms with Crippen LogP contribution in [0.2, 0.25) is 0 Å². The Labute approximate surface area is 185 Å². The number of allylic oxidation sites excluding steroid dienone is 4. The predicted octanol–water partition coefficient (Wildman–Crippen LogP) is 9.67. The lowest BCUT2D eigenvalue weighted by atomic mass is 9.99. The van der Waals surface area contributed by atoms with Gasteiger partial charge in [-0.2, -0.15) is 0 Å². The molecule has 0 aliphatic heterocycles. The van der Waals surface area contributed by atoms with Gasteiger partial charge >= 0.3 is 0 Å². The Hall–Kier alpha value is 0.340. The topological polar surface area (TPSA) is 0 Å². The van der Waals surface area contributed by atoms with Gasteiger partial charge in [-0.25, -0.2) is 0 Å². The summed E-state index contributed by atoms with van der Waals surface area (Å²) in [5, 5.41) is 1.96. The summed E-state index contributed by atoms with van der Waals surface area (Å²) in [4.78, 5) is 0. The fourth-order valence-electron chi connectivity index (χ4n) is 6.06. The zero-order valence-electron chi connectivity index (χ0n) is 19.7. The minimum absolute atomic E-state index is 0.0886. The standard InChI is InChI=1S/C27H48P2/c1-4-6-21-28(22-7-5-2)23(3)26-19-14-20-27(26)29(24-15-10-8-11-16-24)25-17-12-9-13-18-25/h14,19-20,23-26H,4-13,15-18,21-22H2,1-3H3. The fourth-order valence-corrected chi connectivity index (χ4v) is 13.6. The summed E-state index contributed by atoms with van der Waals surface area (Å²) < 4.78 is 0. The van der Waals surface area contributed by atoms with Crippen LogP contribution in [0.3, 0.4) is 0 Å². The second-order valence-corrected chi connectivity index (χ2v) is 15.7. The lowest BCUT2D eigenvalue weighted by Gasteiger charge is -2.43. The van der Waals surface area contributed by atoms with Crippen LogP contribution in [0.1, 0.15) is 111 Å². The monoisotopic (exact) mass is 434 g/mol. The third-order valence-electron chi connectivity index (χ3n) is 7.85. The molecule has 2 heteroatoms. The highest BCUT2D eigenvalue weighted by atomic mass is 31.1. The molecule has 0 aromatic heterocycles. The van der Waals surface area contributed by atoms with Crippen molar-refractivity contribution in [2.75, 3.05) is 12.3 Å². The molecular weight excluding hydrogens is 386 g/mol. The predicted molar refractivity (Wildman–Crippen MR) is 137 cm³/mol. The smallest absolute Gasteiger partial charge is 0.00906 e. The van der Waals surface area contributed by atoms with Crippen molar-refractivity contribution in [3.05, 3.63) is 23.5 Å². The highest BCUT2D eigenvalue weighted by molar-refractivity contribution is 7.63. The maximum absolute atomic E-state index is 2.65. The molecule has 0 saturated heterocycles. The van der Waals surface area contributed by atoms with Crippen molar-refractivity contribution in [2.45, 2.75) is 128 Å².